The lowest BCUT2D eigenvalue weighted by molar-refractivity contribution is -0.140. The Balaban J connectivity index is 1.25. The second-order valence-corrected chi connectivity index (χ2v) is 15.6. The maximum Gasteiger partial charge on any atom is 0.242 e. The van der Waals surface area contributed by atoms with Crippen molar-refractivity contribution in [2.24, 2.45) is 36.1 Å². The third-order valence-corrected chi connectivity index (χ3v) is 13.1. The maximum absolute atomic E-state index is 15.0. The van der Waals surface area contributed by atoms with E-state index in [1.807, 2.05) is 38.1 Å². The van der Waals surface area contributed by atoms with Crippen LogP contribution in [0.15, 0.2) is 54.1 Å². The fraction of sp³-hybridized carbons (Fsp3) is 0.395. The van der Waals surface area contributed by atoms with Gasteiger partial charge in [-0.3, -0.25) is 28.8 Å². The zero-order chi connectivity index (χ0) is 35.4. The van der Waals surface area contributed by atoms with Crippen LogP contribution in [0.2, 0.25) is 5.02 Å². The first-order chi connectivity index (χ1) is 23.9. The number of methoxy groups -OCH3 is 1. The molecule has 2 aliphatic heterocycles. The van der Waals surface area contributed by atoms with E-state index in [9.17, 15) is 24.3 Å². The summed E-state index contributed by atoms with van der Waals surface area (Å²) in [7, 11) is 3.22. The van der Waals surface area contributed by atoms with E-state index >= 15 is 0 Å². The van der Waals surface area contributed by atoms with E-state index in [0.29, 0.717) is 47.2 Å². The number of ether oxygens (including phenoxy) is 1. The van der Waals surface area contributed by atoms with Crippen molar-refractivity contribution >= 4 is 62.5 Å². The third-order valence-electron chi connectivity index (χ3n) is 11.6. The molecule has 6 atom stereocenters. The molecule has 2 saturated heterocycles. The fourth-order valence-electron chi connectivity index (χ4n) is 9.20. The highest BCUT2D eigenvalue weighted by atomic mass is 35.5. The summed E-state index contributed by atoms with van der Waals surface area (Å²) < 4.78 is 7.98. The summed E-state index contributed by atoms with van der Waals surface area (Å²) in [5, 5.41) is 17.9. The summed E-state index contributed by atoms with van der Waals surface area (Å²) in [6.07, 6.45) is 3.22. The number of rotatable bonds is 6. The van der Waals surface area contributed by atoms with Crippen LogP contribution in [0.4, 0.5) is 5.82 Å². The number of phenols is 1. The van der Waals surface area contributed by atoms with Gasteiger partial charge in [0, 0.05) is 46.9 Å². The van der Waals surface area contributed by atoms with Crippen molar-refractivity contribution in [3.05, 3.63) is 70.3 Å². The average molecular weight is 713 g/mol. The topological polar surface area (TPSA) is 122 Å². The molecule has 12 heteroatoms. The predicted octanol–water partition coefficient (Wildman–Crippen LogP) is 6.62. The molecule has 0 bridgehead atoms. The fourth-order valence-corrected chi connectivity index (χ4v) is 10.5. The monoisotopic (exact) mass is 712 g/mol. The molecule has 10 nitrogen and oxygen atoms in total. The van der Waals surface area contributed by atoms with Gasteiger partial charge in [-0.25, -0.2) is 4.90 Å². The number of hydrogen-bond acceptors (Lipinski definition) is 8. The van der Waals surface area contributed by atoms with Crippen LogP contribution in [-0.2, 0) is 26.2 Å². The Morgan fingerprint density at radius 1 is 1.06 bits per heavy atom. The van der Waals surface area contributed by atoms with Crippen molar-refractivity contribution in [2.45, 2.75) is 46.0 Å². The molecule has 2 aliphatic carbocycles. The largest absolute Gasteiger partial charge is 0.508 e. The summed E-state index contributed by atoms with van der Waals surface area (Å²) in [6, 6.07) is 12.5. The Hall–Kier alpha value is -4.48. The number of anilines is 1. The normalized spacial score (nSPS) is 27.6. The summed E-state index contributed by atoms with van der Waals surface area (Å²) in [5.41, 5.74) is 1.63. The minimum Gasteiger partial charge on any atom is -0.508 e. The van der Waals surface area contributed by atoms with Crippen LogP contribution in [0.1, 0.15) is 50.2 Å². The minimum atomic E-state index is -1.30. The number of imide groups is 2. The second kappa shape index (κ2) is 11.5. The van der Waals surface area contributed by atoms with Crippen LogP contribution in [0.3, 0.4) is 0 Å². The van der Waals surface area contributed by atoms with Crippen LogP contribution >= 0.6 is 22.9 Å². The van der Waals surface area contributed by atoms with Crippen LogP contribution in [-0.4, -0.2) is 57.1 Å². The lowest BCUT2D eigenvalue weighted by Crippen LogP contribution is -2.49. The molecule has 8 rings (SSSR count). The van der Waals surface area contributed by atoms with E-state index in [1.165, 1.54) is 23.0 Å². The number of thiophene rings is 1. The quantitative estimate of drug-likeness (QED) is 0.176. The highest BCUT2D eigenvalue weighted by molar-refractivity contribution is 7.22. The number of amides is 4. The zero-order valence-electron chi connectivity index (χ0n) is 28.4. The molecule has 2 aromatic heterocycles. The van der Waals surface area contributed by atoms with E-state index in [1.54, 1.807) is 48.2 Å². The molecule has 1 saturated carbocycles. The SMILES string of the molecule is CCCN1C(=O)[C@H]2[C@H](CC=C3[C@H]2C[C@H]2C(=O)N(c4cc(-c5sc6ccc(Cl)cc6c5C)nn4C)C(=O)[C@@]2(C)[C@H]3c2ccc(OC)cc2O)C1=O. The van der Waals surface area contributed by atoms with Gasteiger partial charge in [0.25, 0.3) is 0 Å². The Morgan fingerprint density at radius 2 is 1.84 bits per heavy atom. The number of carbonyl (C=O) groups is 4. The third kappa shape index (κ3) is 4.41. The molecule has 4 amide bonds. The van der Waals surface area contributed by atoms with Crippen molar-refractivity contribution in [1.29, 1.82) is 0 Å². The maximum atomic E-state index is 15.0. The van der Waals surface area contributed by atoms with Gasteiger partial charge in [0.05, 0.1) is 35.2 Å². The molecular weight excluding hydrogens is 676 g/mol. The standard InChI is InChI=1S/C38H37ClN4O6S/c1-6-13-42-34(45)23-11-10-21-25(31(23)36(42)47)16-26-35(46)43(37(48)38(26,3)32(21)22-9-8-20(49-5)15-28(22)44)30-17-27(40-41(30)4)33-18(2)24-14-19(39)7-12-29(24)50-33/h7-10,12,14-15,17,23,25-26,31-32,44H,6,11,13,16H2,1-5H3/t23-,25+,26-,31-,32+,38+/m0/s1. The molecule has 4 heterocycles. The molecule has 258 valence electrons. The van der Waals surface area contributed by atoms with E-state index in [2.05, 4.69) is 0 Å². The van der Waals surface area contributed by atoms with Gasteiger partial charge in [-0.1, -0.05) is 36.2 Å². The number of carbonyl (C=O) groups excluding carboxylic acids is 4. The summed E-state index contributed by atoms with van der Waals surface area (Å²) in [5.74, 6) is -3.61. The number of likely N-dealkylation sites (tertiary alicyclic amines) is 1. The lowest BCUT2D eigenvalue weighted by atomic mass is 9.51. The molecular formula is C38H37ClN4O6S. The molecule has 0 radical (unpaired) electrons. The number of nitrogens with zero attached hydrogens (tertiary/aromatic N) is 4. The molecule has 1 N–H and O–H groups in total. The van der Waals surface area contributed by atoms with Gasteiger partial charge in [0.15, 0.2) is 0 Å². The van der Waals surface area contributed by atoms with Crippen LogP contribution in [0.5, 0.6) is 11.5 Å². The van der Waals surface area contributed by atoms with Crippen LogP contribution in [0, 0.1) is 36.0 Å². The first kappa shape index (κ1) is 32.7. The minimum absolute atomic E-state index is 0.0682. The Morgan fingerprint density at radius 3 is 2.56 bits per heavy atom. The summed E-state index contributed by atoms with van der Waals surface area (Å²) >= 11 is 7.87. The number of phenolic OH excluding ortho intramolecular Hbond substituents is 1. The van der Waals surface area contributed by atoms with Crippen molar-refractivity contribution in [1.82, 2.24) is 14.7 Å². The number of aromatic hydroxyl groups is 1. The molecule has 4 aliphatic rings. The molecule has 3 fully saturated rings. The number of benzene rings is 2. The number of aryl methyl sites for hydroxylation is 2. The molecule has 50 heavy (non-hydrogen) atoms. The Labute approximate surface area is 298 Å². The average Bonchev–Trinajstić information content (AvgIpc) is 3.76. The van der Waals surface area contributed by atoms with Gasteiger partial charge in [0.2, 0.25) is 23.6 Å². The number of allylic oxidation sites excluding steroid dienone is 2. The number of hydrogen-bond donors (Lipinski definition) is 1. The van der Waals surface area contributed by atoms with Gasteiger partial charge in [-0.05, 0) is 74.2 Å². The first-order valence-corrected chi connectivity index (χ1v) is 18.1. The van der Waals surface area contributed by atoms with E-state index in [0.717, 1.165) is 26.1 Å². The number of fused-ring (bicyclic) bond motifs is 5. The van der Waals surface area contributed by atoms with Crippen LogP contribution < -0.4 is 9.64 Å². The number of halogens is 1. The molecule has 0 unspecified atom stereocenters. The second-order valence-electron chi connectivity index (χ2n) is 14.1. The molecule has 0 spiro atoms. The van der Waals surface area contributed by atoms with Gasteiger partial charge < -0.3 is 9.84 Å². The molecule has 2 aromatic carbocycles. The Bertz CT molecular complexity index is 2190. The van der Waals surface area contributed by atoms with E-state index in [-0.39, 0.29) is 29.9 Å². The van der Waals surface area contributed by atoms with Gasteiger partial charge >= 0.3 is 0 Å². The van der Waals surface area contributed by atoms with Gasteiger partial charge in [-0.2, -0.15) is 5.10 Å². The lowest BCUT2D eigenvalue weighted by Gasteiger charge is -2.49. The number of aromatic nitrogens is 2. The highest BCUT2D eigenvalue weighted by Gasteiger charge is 2.68. The summed E-state index contributed by atoms with van der Waals surface area (Å²) in [6.45, 7) is 6.08. The predicted molar refractivity (Wildman–Crippen MR) is 190 cm³/mol. The van der Waals surface area contributed by atoms with E-state index in [4.69, 9.17) is 21.4 Å². The van der Waals surface area contributed by atoms with Crippen molar-refractivity contribution in [3.63, 3.8) is 0 Å². The van der Waals surface area contributed by atoms with Crippen molar-refractivity contribution < 1.29 is 29.0 Å². The summed E-state index contributed by atoms with van der Waals surface area (Å²) in [4.78, 5) is 60.6. The first-order valence-electron chi connectivity index (χ1n) is 16.9. The van der Waals surface area contributed by atoms with E-state index < -0.39 is 40.9 Å². The van der Waals surface area contributed by atoms with Crippen LogP contribution in [0.25, 0.3) is 20.7 Å². The van der Waals surface area contributed by atoms with Gasteiger partial charge in [-0.15, -0.1) is 11.3 Å². The zero-order valence-corrected chi connectivity index (χ0v) is 30.0. The van der Waals surface area contributed by atoms with Crippen molar-refractivity contribution in [3.8, 4) is 22.1 Å². The smallest absolute Gasteiger partial charge is 0.242 e. The molecule has 4 aromatic rings. The van der Waals surface area contributed by atoms with Crippen molar-refractivity contribution in [2.75, 3.05) is 18.6 Å². The Kier molecular flexibility index (Phi) is 7.54. The highest BCUT2D eigenvalue weighted by Crippen LogP contribution is 2.64. The van der Waals surface area contributed by atoms with Gasteiger partial charge in [0.1, 0.15) is 23.0 Å².